The third-order valence-electron chi connectivity index (χ3n) is 3.67. The van der Waals surface area contributed by atoms with Gasteiger partial charge in [0.2, 0.25) is 5.91 Å². The minimum atomic E-state index is 0.302. The Hall–Kier alpha value is -1.35. The molecular formula is C16H24N2O. The summed E-state index contributed by atoms with van der Waals surface area (Å²) in [6.45, 7) is 5.61. The van der Waals surface area contributed by atoms with Crippen molar-refractivity contribution >= 4 is 5.91 Å². The molecule has 1 saturated heterocycles. The monoisotopic (exact) mass is 260 g/mol. The summed E-state index contributed by atoms with van der Waals surface area (Å²) in [6, 6.07) is 8.51. The Morgan fingerprint density at radius 2 is 1.84 bits per heavy atom. The molecular weight excluding hydrogens is 236 g/mol. The molecule has 1 fully saturated rings. The van der Waals surface area contributed by atoms with Gasteiger partial charge in [-0.25, -0.2) is 0 Å². The number of hydrogen-bond acceptors (Lipinski definition) is 2. The predicted octanol–water partition coefficient (Wildman–Crippen LogP) is 2.49. The van der Waals surface area contributed by atoms with Gasteiger partial charge in [0.15, 0.2) is 0 Å². The van der Waals surface area contributed by atoms with E-state index in [9.17, 15) is 4.79 Å². The Labute approximate surface area is 116 Å². The highest BCUT2D eigenvalue weighted by Gasteiger charge is 2.15. The van der Waals surface area contributed by atoms with Crippen molar-refractivity contribution < 1.29 is 4.79 Å². The van der Waals surface area contributed by atoms with E-state index in [1.165, 1.54) is 30.4 Å². The zero-order valence-electron chi connectivity index (χ0n) is 11.8. The normalized spacial score (nSPS) is 15.5. The van der Waals surface area contributed by atoms with E-state index in [1.54, 1.807) is 0 Å². The summed E-state index contributed by atoms with van der Waals surface area (Å²) in [5.41, 5.74) is 2.56. The zero-order valence-corrected chi connectivity index (χ0v) is 11.8. The Morgan fingerprint density at radius 1 is 1.16 bits per heavy atom. The van der Waals surface area contributed by atoms with E-state index in [0.29, 0.717) is 12.3 Å². The van der Waals surface area contributed by atoms with Gasteiger partial charge in [-0.1, -0.05) is 29.8 Å². The summed E-state index contributed by atoms with van der Waals surface area (Å²) in [7, 11) is 0. The third-order valence-corrected chi connectivity index (χ3v) is 3.67. The van der Waals surface area contributed by atoms with Crippen LogP contribution in [-0.4, -0.2) is 30.4 Å². The molecule has 0 bridgehead atoms. The van der Waals surface area contributed by atoms with Gasteiger partial charge in [0, 0.05) is 32.6 Å². The number of rotatable bonds is 5. The molecule has 0 atom stereocenters. The van der Waals surface area contributed by atoms with Gasteiger partial charge in [-0.2, -0.15) is 0 Å². The average molecular weight is 260 g/mol. The van der Waals surface area contributed by atoms with Gasteiger partial charge in [-0.05, 0) is 31.7 Å². The molecule has 0 aliphatic carbocycles. The molecule has 0 radical (unpaired) electrons. The number of nitrogens with one attached hydrogen (secondary N) is 1. The lowest BCUT2D eigenvalue weighted by Gasteiger charge is -2.26. The molecule has 1 amide bonds. The van der Waals surface area contributed by atoms with Gasteiger partial charge in [0.25, 0.3) is 0 Å². The van der Waals surface area contributed by atoms with Crippen molar-refractivity contribution in [2.75, 3.05) is 19.6 Å². The number of likely N-dealkylation sites (tertiary alicyclic amines) is 1. The molecule has 1 aliphatic heterocycles. The van der Waals surface area contributed by atoms with Crippen LogP contribution in [0.3, 0.4) is 0 Å². The summed E-state index contributed by atoms with van der Waals surface area (Å²) < 4.78 is 0. The van der Waals surface area contributed by atoms with E-state index in [2.05, 4.69) is 36.5 Å². The second-order valence-electron chi connectivity index (χ2n) is 5.35. The lowest BCUT2D eigenvalue weighted by atomic mass is 10.1. The standard InChI is InChI=1S/C16H24N2O/c1-14-5-7-15(8-6-14)13-17-10-9-16(19)18-11-3-2-4-12-18/h5-8,17H,2-4,9-13H2,1H3. The number of benzene rings is 1. The van der Waals surface area contributed by atoms with Crippen LogP contribution in [0.2, 0.25) is 0 Å². The van der Waals surface area contributed by atoms with Crippen LogP contribution in [0.5, 0.6) is 0 Å². The molecule has 1 heterocycles. The fourth-order valence-electron chi connectivity index (χ4n) is 2.44. The molecule has 0 aromatic heterocycles. The van der Waals surface area contributed by atoms with E-state index >= 15 is 0 Å². The SMILES string of the molecule is Cc1ccc(CNCCC(=O)N2CCCCC2)cc1. The highest BCUT2D eigenvalue weighted by atomic mass is 16.2. The maximum Gasteiger partial charge on any atom is 0.223 e. The van der Waals surface area contributed by atoms with Crippen LogP contribution < -0.4 is 5.32 Å². The molecule has 3 heteroatoms. The minimum absolute atomic E-state index is 0.302. The summed E-state index contributed by atoms with van der Waals surface area (Å²) >= 11 is 0. The molecule has 3 nitrogen and oxygen atoms in total. The van der Waals surface area contributed by atoms with Gasteiger partial charge in [-0.15, -0.1) is 0 Å². The predicted molar refractivity (Wildman–Crippen MR) is 77.9 cm³/mol. The van der Waals surface area contributed by atoms with Crippen molar-refractivity contribution in [3.8, 4) is 0 Å². The highest BCUT2D eigenvalue weighted by molar-refractivity contribution is 5.76. The summed E-state index contributed by atoms with van der Waals surface area (Å²) in [5, 5.41) is 3.34. The first kappa shape index (κ1) is 14.1. The highest BCUT2D eigenvalue weighted by Crippen LogP contribution is 2.09. The van der Waals surface area contributed by atoms with Gasteiger partial charge in [0.1, 0.15) is 0 Å². The van der Waals surface area contributed by atoms with E-state index < -0.39 is 0 Å². The number of carbonyl (C=O) groups excluding carboxylic acids is 1. The topological polar surface area (TPSA) is 32.3 Å². The Balaban J connectivity index is 1.63. The Kier molecular flexibility index (Phi) is 5.40. The molecule has 1 aliphatic rings. The second-order valence-corrected chi connectivity index (χ2v) is 5.35. The maximum atomic E-state index is 11.9. The number of amides is 1. The quantitative estimate of drug-likeness (QED) is 0.825. The Bertz CT molecular complexity index is 394. The molecule has 1 N–H and O–H groups in total. The van der Waals surface area contributed by atoms with E-state index in [4.69, 9.17) is 0 Å². The van der Waals surface area contributed by atoms with Crippen LogP contribution >= 0.6 is 0 Å². The second kappa shape index (κ2) is 7.29. The van der Waals surface area contributed by atoms with Gasteiger partial charge in [-0.3, -0.25) is 4.79 Å². The molecule has 19 heavy (non-hydrogen) atoms. The summed E-state index contributed by atoms with van der Waals surface area (Å²) in [5.74, 6) is 0.302. The maximum absolute atomic E-state index is 11.9. The van der Waals surface area contributed by atoms with Crippen LogP contribution in [0.25, 0.3) is 0 Å². The smallest absolute Gasteiger partial charge is 0.223 e. The van der Waals surface area contributed by atoms with Gasteiger partial charge in [0.05, 0.1) is 0 Å². The number of piperidine rings is 1. The molecule has 1 aromatic carbocycles. The molecule has 0 spiro atoms. The van der Waals surface area contributed by atoms with Crippen LogP contribution in [0.1, 0.15) is 36.8 Å². The number of hydrogen-bond donors (Lipinski definition) is 1. The number of carbonyl (C=O) groups is 1. The van der Waals surface area contributed by atoms with Gasteiger partial charge < -0.3 is 10.2 Å². The average Bonchev–Trinajstić information content (AvgIpc) is 2.46. The molecule has 1 aromatic rings. The van der Waals surface area contributed by atoms with Gasteiger partial charge >= 0.3 is 0 Å². The van der Waals surface area contributed by atoms with E-state index in [-0.39, 0.29) is 0 Å². The van der Waals surface area contributed by atoms with E-state index in [1.807, 2.05) is 4.90 Å². The number of nitrogens with zero attached hydrogens (tertiary/aromatic N) is 1. The molecule has 104 valence electrons. The summed E-state index contributed by atoms with van der Waals surface area (Å²) in [4.78, 5) is 14.0. The fourth-order valence-corrected chi connectivity index (χ4v) is 2.44. The molecule has 0 unspecified atom stereocenters. The molecule has 2 rings (SSSR count). The van der Waals surface area contributed by atoms with Crippen molar-refractivity contribution in [2.45, 2.75) is 39.2 Å². The van der Waals surface area contributed by atoms with Crippen LogP contribution in [-0.2, 0) is 11.3 Å². The first-order chi connectivity index (χ1) is 9.25. The summed E-state index contributed by atoms with van der Waals surface area (Å²) in [6.07, 6.45) is 4.23. The lowest BCUT2D eigenvalue weighted by molar-refractivity contribution is -0.131. The van der Waals surface area contributed by atoms with Crippen molar-refractivity contribution in [3.63, 3.8) is 0 Å². The van der Waals surface area contributed by atoms with Crippen LogP contribution in [0.15, 0.2) is 24.3 Å². The largest absolute Gasteiger partial charge is 0.343 e. The van der Waals surface area contributed by atoms with Crippen molar-refractivity contribution in [1.82, 2.24) is 10.2 Å². The fraction of sp³-hybridized carbons (Fsp3) is 0.562. The van der Waals surface area contributed by atoms with Crippen molar-refractivity contribution in [2.24, 2.45) is 0 Å². The minimum Gasteiger partial charge on any atom is -0.343 e. The zero-order chi connectivity index (χ0) is 13.5. The van der Waals surface area contributed by atoms with Crippen molar-refractivity contribution in [1.29, 1.82) is 0 Å². The third kappa shape index (κ3) is 4.67. The van der Waals surface area contributed by atoms with E-state index in [0.717, 1.165) is 26.2 Å². The number of aryl methyl sites for hydroxylation is 1. The first-order valence-corrected chi connectivity index (χ1v) is 7.30. The Morgan fingerprint density at radius 3 is 2.53 bits per heavy atom. The lowest BCUT2D eigenvalue weighted by Crippen LogP contribution is -2.37. The molecule has 0 saturated carbocycles. The van der Waals surface area contributed by atoms with Crippen LogP contribution in [0, 0.1) is 6.92 Å². The van der Waals surface area contributed by atoms with Crippen LogP contribution in [0.4, 0.5) is 0 Å². The van der Waals surface area contributed by atoms with Crippen molar-refractivity contribution in [3.05, 3.63) is 35.4 Å². The first-order valence-electron chi connectivity index (χ1n) is 7.30.